The molecule has 1 fully saturated rings. The number of carbonyl (C=O) groups is 2. The summed E-state index contributed by atoms with van der Waals surface area (Å²) in [5, 5.41) is 14.3. The van der Waals surface area contributed by atoms with Gasteiger partial charge in [0, 0.05) is 5.02 Å². The van der Waals surface area contributed by atoms with Crippen molar-refractivity contribution in [3.63, 3.8) is 0 Å². The fourth-order valence-corrected chi connectivity index (χ4v) is 5.67. The van der Waals surface area contributed by atoms with Crippen LogP contribution < -0.4 is 10.0 Å². The van der Waals surface area contributed by atoms with Crippen LogP contribution in [0.3, 0.4) is 0 Å². The van der Waals surface area contributed by atoms with Crippen molar-refractivity contribution in [3.8, 4) is 0 Å². The Morgan fingerprint density at radius 1 is 1.03 bits per heavy atom. The lowest BCUT2D eigenvalue weighted by Crippen LogP contribution is -2.55. The third kappa shape index (κ3) is 6.70. The van der Waals surface area contributed by atoms with E-state index >= 15 is 0 Å². The van der Waals surface area contributed by atoms with Crippen molar-refractivity contribution < 1.29 is 23.1 Å². The van der Waals surface area contributed by atoms with Gasteiger partial charge in [0.25, 0.3) is 0 Å². The molecule has 0 aliphatic heterocycles. The van der Waals surface area contributed by atoms with Gasteiger partial charge in [0.1, 0.15) is 11.8 Å². The summed E-state index contributed by atoms with van der Waals surface area (Å²) in [6.45, 7) is 7.46. The first-order valence-corrected chi connectivity index (χ1v) is 13.6. The summed E-state index contributed by atoms with van der Waals surface area (Å²) < 4.78 is 28.4. The molecule has 1 amide bonds. The van der Waals surface area contributed by atoms with Crippen LogP contribution in [0.5, 0.6) is 0 Å². The first-order valence-electron chi connectivity index (χ1n) is 11.8. The molecule has 3 rings (SSSR count). The average molecular weight is 521 g/mol. The first-order chi connectivity index (χ1) is 16.4. The molecule has 9 heteroatoms. The zero-order valence-corrected chi connectivity index (χ0v) is 21.9. The number of carbonyl (C=O) groups excluding carboxylic acids is 2. The molecule has 3 N–H and O–H groups in total. The van der Waals surface area contributed by atoms with Crippen LogP contribution in [0.4, 0.5) is 0 Å². The second-order valence-electron chi connectivity index (χ2n) is 9.84. The number of halogens is 1. The van der Waals surface area contributed by atoms with Gasteiger partial charge in [-0.15, -0.1) is 0 Å². The number of hydrogen-bond donors (Lipinski definition) is 3. The molecule has 0 aromatic heterocycles. The third-order valence-electron chi connectivity index (χ3n) is 6.25. The third-order valence-corrected chi connectivity index (χ3v) is 7.99. The predicted octanol–water partition coefficient (Wildman–Crippen LogP) is 3.52. The van der Waals surface area contributed by atoms with E-state index in [1.54, 1.807) is 0 Å². The maximum Gasteiger partial charge on any atom is 0.241 e. The van der Waals surface area contributed by atoms with Crippen LogP contribution in [0.25, 0.3) is 0 Å². The van der Waals surface area contributed by atoms with Crippen molar-refractivity contribution in [2.24, 2.45) is 17.8 Å². The second-order valence-corrected chi connectivity index (χ2v) is 12.0. The Labute approximate surface area is 212 Å². The topological polar surface area (TPSA) is 113 Å². The van der Waals surface area contributed by atoms with Crippen molar-refractivity contribution in [2.75, 3.05) is 0 Å². The largest absolute Gasteiger partial charge is 0.390 e. The van der Waals surface area contributed by atoms with E-state index in [-0.39, 0.29) is 28.9 Å². The van der Waals surface area contributed by atoms with Crippen LogP contribution in [-0.2, 0) is 19.6 Å². The van der Waals surface area contributed by atoms with Gasteiger partial charge in [-0.05, 0) is 48.1 Å². The van der Waals surface area contributed by atoms with Gasteiger partial charge in [0.05, 0.1) is 28.9 Å². The fraction of sp³-hybridized carbons (Fsp3) is 0.462. The minimum Gasteiger partial charge on any atom is -0.390 e. The van der Waals surface area contributed by atoms with E-state index in [4.69, 9.17) is 11.6 Å². The number of rotatable bonds is 11. The molecular formula is C26H33ClN2O5S. The Morgan fingerprint density at radius 2 is 1.63 bits per heavy atom. The molecule has 0 radical (unpaired) electrons. The molecule has 0 bridgehead atoms. The van der Waals surface area contributed by atoms with Crippen molar-refractivity contribution in [1.82, 2.24) is 10.0 Å². The van der Waals surface area contributed by atoms with Crippen molar-refractivity contribution in [3.05, 3.63) is 65.2 Å². The van der Waals surface area contributed by atoms with E-state index < -0.39 is 46.0 Å². The molecule has 35 heavy (non-hydrogen) atoms. The molecule has 2 aromatic carbocycles. The van der Waals surface area contributed by atoms with E-state index in [9.17, 15) is 23.1 Å². The summed E-state index contributed by atoms with van der Waals surface area (Å²) in [6, 6.07) is 13.2. The summed E-state index contributed by atoms with van der Waals surface area (Å²) in [5.41, 5.74) is 0.837. The molecule has 1 aliphatic rings. The van der Waals surface area contributed by atoms with E-state index in [1.807, 2.05) is 58.0 Å². The smallest absolute Gasteiger partial charge is 0.241 e. The number of aliphatic hydroxyl groups is 1. The zero-order chi connectivity index (χ0) is 25.9. The zero-order valence-electron chi connectivity index (χ0n) is 20.3. The molecule has 0 saturated heterocycles. The lowest BCUT2D eigenvalue weighted by molar-refractivity contribution is -0.125. The predicted molar refractivity (Wildman–Crippen MR) is 135 cm³/mol. The molecule has 1 saturated carbocycles. The van der Waals surface area contributed by atoms with Crippen LogP contribution in [0.1, 0.15) is 45.6 Å². The monoisotopic (exact) mass is 520 g/mol. The van der Waals surface area contributed by atoms with Gasteiger partial charge < -0.3 is 10.4 Å². The SMILES string of the molecule is CC(C)C[C@H](NS(=O)(=O)c1ccc(Cl)cc1)C(=O)N[C@@H](C(C)C)[C@@H](O)C1C(=O)C1c1ccccc1. The molecule has 0 spiro atoms. The number of hydrogen-bond acceptors (Lipinski definition) is 5. The summed E-state index contributed by atoms with van der Waals surface area (Å²) in [4.78, 5) is 25.8. The number of nitrogens with one attached hydrogen (secondary N) is 2. The van der Waals surface area contributed by atoms with Gasteiger partial charge in [-0.25, -0.2) is 8.42 Å². The number of Topliss-reactive ketones (excluding diaryl/α,β-unsaturated/α-hetero) is 1. The number of benzene rings is 2. The lowest BCUT2D eigenvalue weighted by Gasteiger charge is -2.30. The summed E-state index contributed by atoms with van der Waals surface area (Å²) in [6.07, 6.45) is -0.835. The van der Waals surface area contributed by atoms with Crippen LogP contribution >= 0.6 is 11.6 Å². The molecule has 0 heterocycles. The highest BCUT2D eigenvalue weighted by Gasteiger charge is 2.56. The number of sulfonamides is 1. The Hall–Kier alpha value is -2.26. The Balaban J connectivity index is 1.76. The van der Waals surface area contributed by atoms with E-state index in [0.29, 0.717) is 5.02 Å². The highest BCUT2D eigenvalue weighted by Crippen LogP contribution is 2.46. The summed E-state index contributed by atoms with van der Waals surface area (Å²) >= 11 is 5.87. The fourth-order valence-electron chi connectivity index (χ4n) is 4.34. The van der Waals surface area contributed by atoms with Crippen LogP contribution in [0.2, 0.25) is 5.02 Å². The molecule has 2 aromatic rings. The molecular weight excluding hydrogens is 488 g/mol. The molecule has 5 atom stereocenters. The van der Waals surface area contributed by atoms with Crippen molar-refractivity contribution >= 4 is 33.3 Å². The minimum absolute atomic E-state index is 0.00168. The molecule has 2 unspecified atom stereocenters. The van der Waals surface area contributed by atoms with Gasteiger partial charge in [0.15, 0.2) is 0 Å². The van der Waals surface area contributed by atoms with E-state index in [1.165, 1.54) is 24.3 Å². The van der Waals surface area contributed by atoms with Gasteiger partial charge in [-0.1, -0.05) is 69.6 Å². The van der Waals surface area contributed by atoms with Crippen LogP contribution in [-0.4, -0.2) is 43.4 Å². The van der Waals surface area contributed by atoms with E-state index in [2.05, 4.69) is 10.0 Å². The lowest BCUT2D eigenvalue weighted by atomic mass is 9.92. The number of amides is 1. The molecule has 1 aliphatic carbocycles. The van der Waals surface area contributed by atoms with Gasteiger partial charge in [-0.3, -0.25) is 9.59 Å². The normalized spacial score (nSPS) is 20.5. The standard InChI is InChI=1S/C26H33ClN2O5S/c1-15(2)14-20(29-35(33,34)19-12-10-18(27)11-13-19)26(32)28-23(16(3)4)25(31)22-21(24(22)30)17-8-6-5-7-9-17/h5-13,15-16,20-23,25,29,31H,14H2,1-4H3,(H,28,32)/t20-,21?,22?,23-,25-/m0/s1. The minimum atomic E-state index is -3.99. The van der Waals surface area contributed by atoms with Crippen LogP contribution in [0.15, 0.2) is 59.5 Å². The summed E-state index contributed by atoms with van der Waals surface area (Å²) in [7, 11) is -3.99. The summed E-state index contributed by atoms with van der Waals surface area (Å²) in [5.74, 6) is -1.79. The Bertz CT molecular complexity index is 1140. The maximum atomic E-state index is 13.3. The average Bonchev–Trinajstić information content (AvgIpc) is 3.47. The van der Waals surface area contributed by atoms with Gasteiger partial charge in [0.2, 0.25) is 15.9 Å². The van der Waals surface area contributed by atoms with Crippen LogP contribution in [0, 0.1) is 17.8 Å². The first kappa shape index (κ1) is 27.3. The highest BCUT2D eigenvalue weighted by atomic mass is 35.5. The highest BCUT2D eigenvalue weighted by molar-refractivity contribution is 7.89. The Kier molecular flexibility index (Phi) is 8.75. The van der Waals surface area contributed by atoms with Crippen molar-refractivity contribution in [1.29, 1.82) is 0 Å². The van der Waals surface area contributed by atoms with Crippen molar-refractivity contribution in [2.45, 2.75) is 63.1 Å². The maximum absolute atomic E-state index is 13.3. The van der Waals surface area contributed by atoms with Gasteiger partial charge in [-0.2, -0.15) is 4.72 Å². The number of aliphatic hydroxyl groups excluding tert-OH is 1. The molecule has 7 nitrogen and oxygen atoms in total. The van der Waals surface area contributed by atoms with E-state index in [0.717, 1.165) is 5.56 Å². The Morgan fingerprint density at radius 3 is 2.17 bits per heavy atom. The number of ketones is 1. The molecule has 190 valence electrons. The van der Waals surface area contributed by atoms with Gasteiger partial charge >= 0.3 is 0 Å². The quantitative estimate of drug-likeness (QED) is 0.419. The second kappa shape index (κ2) is 11.2.